The molecule has 1 aromatic heterocycles. The van der Waals surface area contributed by atoms with Gasteiger partial charge in [-0.15, -0.1) is 0 Å². The zero-order valence-electron chi connectivity index (χ0n) is 18.9. The smallest absolute Gasteiger partial charge is 0.306 e. The average molecular weight is 479 g/mol. The van der Waals surface area contributed by atoms with Gasteiger partial charge in [0.05, 0.1) is 21.2 Å². The fourth-order valence-electron chi connectivity index (χ4n) is 3.90. The minimum absolute atomic E-state index is 0.0330. The van der Waals surface area contributed by atoms with Crippen LogP contribution in [-0.2, 0) is 21.4 Å². The molecular weight excluding hydrogens is 448 g/mol. The summed E-state index contributed by atoms with van der Waals surface area (Å²) in [6, 6.07) is 4.87. The maximum atomic E-state index is 13.0. The molecule has 1 fully saturated rings. The summed E-state index contributed by atoms with van der Waals surface area (Å²) in [5.41, 5.74) is 1.09. The average Bonchev–Trinajstić information content (AvgIpc) is 3.28. The minimum Gasteiger partial charge on any atom is -0.370 e. The lowest BCUT2D eigenvalue weighted by Gasteiger charge is -2.31. The number of amides is 1. The summed E-state index contributed by atoms with van der Waals surface area (Å²) < 4.78 is 28.8. The summed E-state index contributed by atoms with van der Waals surface area (Å²) in [6.45, 7) is 6.10. The van der Waals surface area contributed by atoms with Crippen molar-refractivity contribution in [3.63, 3.8) is 0 Å². The van der Waals surface area contributed by atoms with E-state index < -0.39 is 14.9 Å². The Hall–Kier alpha value is -2.99. The van der Waals surface area contributed by atoms with Gasteiger partial charge in [0.15, 0.2) is 0 Å². The highest BCUT2D eigenvalue weighted by molar-refractivity contribution is 7.89. The number of aryl methyl sites for hydroxylation is 1. The topological polar surface area (TPSA) is 131 Å². The van der Waals surface area contributed by atoms with Gasteiger partial charge in [-0.25, -0.2) is 8.42 Å². The summed E-state index contributed by atoms with van der Waals surface area (Å²) in [6.07, 6.45) is 5.64. The Morgan fingerprint density at radius 2 is 1.91 bits per heavy atom. The van der Waals surface area contributed by atoms with E-state index in [2.05, 4.69) is 15.3 Å². The molecule has 11 nitrogen and oxygen atoms in total. The van der Waals surface area contributed by atoms with Crippen molar-refractivity contribution >= 4 is 33.0 Å². The molecule has 1 aliphatic heterocycles. The van der Waals surface area contributed by atoms with Crippen LogP contribution in [0.4, 0.5) is 17.1 Å². The molecule has 33 heavy (non-hydrogen) atoms. The van der Waals surface area contributed by atoms with Gasteiger partial charge in [-0.1, -0.05) is 13.8 Å². The predicted molar refractivity (Wildman–Crippen MR) is 125 cm³/mol. The van der Waals surface area contributed by atoms with E-state index >= 15 is 0 Å². The van der Waals surface area contributed by atoms with Gasteiger partial charge in [0.1, 0.15) is 12.4 Å². The highest BCUT2D eigenvalue weighted by atomic mass is 32.2. The molecule has 0 radical (unpaired) electrons. The number of carbonyl (C=O) groups excluding carboxylic acids is 1. The number of sulfonamides is 1. The lowest BCUT2D eigenvalue weighted by molar-refractivity contribution is -0.385. The third-order valence-electron chi connectivity index (χ3n) is 5.68. The van der Waals surface area contributed by atoms with Crippen molar-refractivity contribution < 1.29 is 18.1 Å². The Morgan fingerprint density at radius 1 is 1.21 bits per heavy atom. The van der Waals surface area contributed by atoms with Crippen LogP contribution in [0.3, 0.4) is 0 Å². The molecule has 0 unspecified atom stereocenters. The van der Waals surface area contributed by atoms with E-state index in [1.165, 1.54) is 21.3 Å². The van der Waals surface area contributed by atoms with Crippen LogP contribution in [0, 0.1) is 10.1 Å². The van der Waals surface area contributed by atoms with Crippen LogP contribution in [0.5, 0.6) is 0 Å². The molecule has 0 saturated carbocycles. The van der Waals surface area contributed by atoms with Gasteiger partial charge in [-0.3, -0.25) is 19.6 Å². The number of nitrogens with one attached hydrogen (secondary N) is 1. The molecule has 1 amide bonds. The molecule has 0 aliphatic carbocycles. The van der Waals surface area contributed by atoms with Crippen molar-refractivity contribution in [1.82, 2.24) is 14.1 Å². The van der Waals surface area contributed by atoms with E-state index in [1.807, 2.05) is 0 Å². The fourth-order valence-corrected chi connectivity index (χ4v) is 5.38. The van der Waals surface area contributed by atoms with Gasteiger partial charge in [0, 0.05) is 39.1 Å². The van der Waals surface area contributed by atoms with Gasteiger partial charge in [0.2, 0.25) is 15.9 Å². The molecule has 180 valence electrons. The molecule has 1 aliphatic rings. The molecular formula is C21H30N6O5S. The van der Waals surface area contributed by atoms with E-state index in [0.717, 1.165) is 44.2 Å². The lowest BCUT2D eigenvalue weighted by atomic mass is 10.1. The molecule has 1 aromatic carbocycles. The van der Waals surface area contributed by atoms with Crippen molar-refractivity contribution in [3.05, 3.63) is 40.7 Å². The molecule has 12 heteroatoms. The molecule has 2 aromatic rings. The maximum Gasteiger partial charge on any atom is 0.306 e. The molecule has 3 rings (SSSR count). The standard InChI is InChI=1S/C21H30N6O5S/c1-3-26(4-2)33(31,32)18-8-9-20(24-11-6-5-7-12-24)19(14-18)23-21(28)10-13-25-16-17(15-22-25)27(29)30/h8-9,14-16H,3-7,10-13H2,1-2H3,(H,23,28). The zero-order valence-corrected chi connectivity index (χ0v) is 19.8. The van der Waals surface area contributed by atoms with Gasteiger partial charge in [-0.05, 0) is 37.5 Å². The first-order valence-electron chi connectivity index (χ1n) is 11.1. The van der Waals surface area contributed by atoms with Gasteiger partial charge < -0.3 is 10.2 Å². The van der Waals surface area contributed by atoms with Crippen LogP contribution in [0.15, 0.2) is 35.5 Å². The van der Waals surface area contributed by atoms with Gasteiger partial charge in [0.25, 0.3) is 0 Å². The summed E-state index contributed by atoms with van der Waals surface area (Å²) >= 11 is 0. The van der Waals surface area contributed by atoms with E-state index in [1.54, 1.807) is 26.0 Å². The number of anilines is 2. The largest absolute Gasteiger partial charge is 0.370 e. The Morgan fingerprint density at radius 3 is 2.52 bits per heavy atom. The number of nitrogens with zero attached hydrogens (tertiary/aromatic N) is 5. The first-order chi connectivity index (χ1) is 15.8. The zero-order chi connectivity index (χ0) is 24.0. The number of piperidine rings is 1. The van der Waals surface area contributed by atoms with Crippen molar-refractivity contribution in [2.75, 3.05) is 36.4 Å². The van der Waals surface area contributed by atoms with E-state index in [0.29, 0.717) is 18.8 Å². The number of carbonyl (C=O) groups is 1. The molecule has 0 atom stereocenters. The third kappa shape index (κ3) is 5.88. The molecule has 1 N–H and O–H groups in total. The number of nitro groups is 1. The van der Waals surface area contributed by atoms with Crippen LogP contribution >= 0.6 is 0 Å². The van der Waals surface area contributed by atoms with Crippen LogP contribution in [-0.4, -0.2) is 59.5 Å². The SMILES string of the molecule is CCN(CC)S(=O)(=O)c1ccc(N2CCCCC2)c(NC(=O)CCn2cc([N+](=O)[O-])cn2)c1. The molecule has 1 saturated heterocycles. The Labute approximate surface area is 193 Å². The molecule has 2 heterocycles. The minimum atomic E-state index is -3.68. The quantitative estimate of drug-likeness (QED) is 0.410. The predicted octanol–water partition coefficient (Wildman–Crippen LogP) is 2.84. The maximum absolute atomic E-state index is 13.0. The van der Waals surface area contributed by atoms with Crippen molar-refractivity contribution in [2.24, 2.45) is 0 Å². The van der Waals surface area contributed by atoms with Crippen LogP contribution in [0.25, 0.3) is 0 Å². The van der Waals surface area contributed by atoms with Crippen LogP contribution in [0.2, 0.25) is 0 Å². The number of rotatable bonds is 10. The Balaban J connectivity index is 1.83. The highest BCUT2D eigenvalue weighted by Gasteiger charge is 2.24. The monoisotopic (exact) mass is 478 g/mol. The number of hydrogen-bond donors (Lipinski definition) is 1. The number of hydrogen-bond acceptors (Lipinski definition) is 7. The first-order valence-corrected chi connectivity index (χ1v) is 12.6. The number of aromatic nitrogens is 2. The van der Waals surface area contributed by atoms with E-state index in [4.69, 9.17) is 0 Å². The van der Waals surface area contributed by atoms with E-state index in [-0.39, 0.29) is 29.5 Å². The second-order valence-electron chi connectivity index (χ2n) is 7.83. The fraction of sp³-hybridized carbons (Fsp3) is 0.524. The van der Waals surface area contributed by atoms with Crippen molar-refractivity contribution in [1.29, 1.82) is 0 Å². The Bertz CT molecular complexity index is 1090. The van der Waals surface area contributed by atoms with Crippen LogP contribution < -0.4 is 10.2 Å². The lowest BCUT2D eigenvalue weighted by Crippen LogP contribution is -2.32. The molecule has 0 spiro atoms. The normalized spacial score (nSPS) is 14.5. The second kappa shape index (κ2) is 10.8. The van der Waals surface area contributed by atoms with Crippen molar-refractivity contribution in [2.45, 2.75) is 51.0 Å². The summed E-state index contributed by atoms with van der Waals surface area (Å²) in [5.74, 6) is -0.330. The molecule has 0 bridgehead atoms. The first kappa shape index (κ1) is 24.6. The summed E-state index contributed by atoms with van der Waals surface area (Å²) in [7, 11) is -3.68. The summed E-state index contributed by atoms with van der Waals surface area (Å²) in [4.78, 5) is 25.2. The number of benzene rings is 1. The summed E-state index contributed by atoms with van der Waals surface area (Å²) in [5, 5.41) is 17.6. The Kier molecular flexibility index (Phi) is 8.03. The van der Waals surface area contributed by atoms with Crippen LogP contribution in [0.1, 0.15) is 39.5 Å². The second-order valence-corrected chi connectivity index (χ2v) is 9.77. The third-order valence-corrected chi connectivity index (χ3v) is 7.73. The van der Waals surface area contributed by atoms with Gasteiger partial charge >= 0.3 is 5.69 Å². The van der Waals surface area contributed by atoms with Crippen molar-refractivity contribution in [3.8, 4) is 0 Å². The van der Waals surface area contributed by atoms with Gasteiger partial charge in [-0.2, -0.15) is 9.40 Å². The highest BCUT2D eigenvalue weighted by Crippen LogP contribution is 2.32. The van der Waals surface area contributed by atoms with E-state index in [9.17, 15) is 23.3 Å².